The lowest BCUT2D eigenvalue weighted by molar-refractivity contribution is 1.18. The Balaban J connectivity index is 1.30. The predicted molar refractivity (Wildman–Crippen MR) is 195 cm³/mol. The van der Waals surface area contributed by atoms with Gasteiger partial charge >= 0.3 is 0 Å². The molecule has 0 fully saturated rings. The van der Waals surface area contributed by atoms with Crippen LogP contribution in [0.1, 0.15) is 11.1 Å². The summed E-state index contributed by atoms with van der Waals surface area (Å²) < 4.78 is 4.58. The van der Waals surface area contributed by atoms with Crippen LogP contribution >= 0.6 is 0 Å². The van der Waals surface area contributed by atoms with Gasteiger partial charge in [-0.3, -0.25) is 0 Å². The number of nitrogens with zero attached hydrogens (tertiary/aromatic N) is 4. The summed E-state index contributed by atoms with van der Waals surface area (Å²) in [5, 5.41) is 24.5. The van der Waals surface area contributed by atoms with E-state index in [0.29, 0.717) is 11.1 Å². The van der Waals surface area contributed by atoms with Crippen molar-refractivity contribution in [1.82, 2.24) is 9.13 Å². The number of aromatic nitrogens is 2. The molecule has 0 aliphatic heterocycles. The molecule has 0 saturated heterocycles. The van der Waals surface area contributed by atoms with Gasteiger partial charge in [0.25, 0.3) is 0 Å². The molecule has 0 unspecified atom stereocenters. The second-order valence-corrected chi connectivity index (χ2v) is 12.0. The Kier molecular flexibility index (Phi) is 6.22. The molecule has 2 aromatic heterocycles. The highest BCUT2D eigenvalue weighted by molar-refractivity contribution is 6.12. The number of rotatable bonds is 4. The lowest BCUT2D eigenvalue weighted by atomic mass is 9.91. The van der Waals surface area contributed by atoms with E-state index in [0.717, 1.165) is 66.5 Å². The smallest absolute Gasteiger partial charge is 0.0998 e. The monoisotopic (exact) mass is 610 g/mol. The summed E-state index contributed by atoms with van der Waals surface area (Å²) in [6, 6.07) is 58.9. The summed E-state index contributed by atoms with van der Waals surface area (Å²) in [7, 11) is 0. The van der Waals surface area contributed by atoms with Crippen LogP contribution in [0.15, 0.2) is 158 Å². The Hall–Kier alpha value is -6.88. The normalized spacial score (nSPS) is 11.3. The maximum atomic E-state index is 10.0. The van der Waals surface area contributed by atoms with Crippen LogP contribution in [-0.2, 0) is 0 Å². The van der Waals surface area contributed by atoms with Gasteiger partial charge in [0.1, 0.15) is 0 Å². The minimum Gasteiger partial charge on any atom is -0.309 e. The molecule has 0 bridgehead atoms. The highest BCUT2D eigenvalue weighted by Crippen LogP contribution is 2.41. The third-order valence-electron chi connectivity index (χ3n) is 9.40. The zero-order chi connectivity index (χ0) is 32.2. The van der Waals surface area contributed by atoms with Crippen molar-refractivity contribution in [3.63, 3.8) is 0 Å². The summed E-state index contributed by atoms with van der Waals surface area (Å²) in [5.41, 5.74) is 11.7. The zero-order valence-electron chi connectivity index (χ0n) is 25.8. The van der Waals surface area contributed by atoms with Gasteiger partial charge < -0.3 is 9.13 Å². The maximum Gasteiger partial charge on any atom is 0.0998 e. The molecular formula is C44H26N4. The van der Waals surface area contributed by atoms with E-state index in [9.17, 15) is 10.5 Å². The van der Waals surface area contributed by atoms with Crippen molar-refractivity contribution in [3.8, 4) is 45.8 Å². The van der Waals surface area contributed by atoms with Gasteiger partial charge in [-0.05, 0) is 77.4 Å². The largest absolute Gasteiger partial charge is 0.309 e. The molecule has 0 spiro atoms. The molecule has 0 N–H and O–H groups in total. The second kappa shape index (κ2) is 10.9. The number of fused-ring (bicyclic) bond motifs is 6. The van der Waals surface area contributed by atoms with Crippen LogP contribution < -0.4 is 0 Å². The molecule has 222 valence electrons. The predicted octanol–water partition coefficient (Wildman–Crippen LogP) is 11.0. The lowest BCUT2D eigenvalue weighted by Gasteiger charge is -2.18. The van der Waals surface area contributed by atoms with Crippen LogP contribution in [0, 0.1) is 22.7 Å². The van der Waals surface area contributed by atoms with Gasteiger partial charge in [0.15, 0.2) is 0 Å². The van der Waals surface area contributed by atoms with Crippen molar-refractivity contribution in [3.05, 3.63) is 169 Å². The van der Waals surface area contributed by atoms with Crippen LogP contribution in [0.4, 0.5) is 0 Å². The van der Waals surface area contributed by atoms with Crippen molar-refractivity contribution >= 4 is 43.6 Å². The van der Waals surface area contributed by atoms with Gasteiger partial charge in [0.05, 0.1) is 51.0 Å². The molecule has 0 aliphatic carbocycles. The highest BCUT2D eigenvalue weighted by atomic mass is 15.0. The third kappa shape index (κ3) is 4.07. The first-order chi connectivity index (χ1) is 23.7. The Morgan fingerprint density at radius 3 is 1.77 bits per heavy atom. The molecule has 48 heavy (non-hydrogen) atoms. The summed E-state index contributed by atoms with van der Waals surface area (Å²) in [5.74, 6) is 0. The number of hydrogen-bond donors (Lipinski definition) is 0. The van der Waals surface area contributed by atoms with Gasteiger partial charge in [0, 0.05) is 32.8 Å². The first-order valence-corrected chi connectivity index (χ1v) is 15.9. The molecule has 0 saturated carbocycles. The van der Waals surface area contributed by atoms with Crippen molar-refractivity contribution in [2.24, 2.45) is 0 Å². The molecule has 0 amide bonds. The van der Waals surface area contributed by atoms with Crippen LogP contribution in [0.25, 0.3) is 77.2 Å². The van der Waals surface area contributed by atoms with Crippen molar-refractivity contribution in [2.75, 3.05) is 0 Å². The van der Waals surface area contributed by atoms with Gasteiger partial charge in [-0.25, -0.2) is 0 Å². The molecule has 4 nitrogen and oxygen atoms in total. The molecule has 4 heteroatoms. The average Bonchev–Trinajstić information content (AvgIpc) is 3.68. The summed E-state index contributed by atoms with van der Waals surface area (Å²) in [6.45, 7) is 0. The molecule has 9 aromatic rings. The average molecular weight is 611 g/mol. The minimum atomic E-state index is 0.601. The van der Waals surface area contributed by atoms with E-state index in [-0.39, 0.29) is 0 Å². The highest BCUT2D eigenvalue weighted by Gasteiger charge is 2.20. The first kappa shape index (κ1) is 27.4. The molecule has 0 atom stereocenters. The fourth-order valence-corrected chi connectivity index (χ4v) is 7.37. The molecule has 7 aromatic carbocycles. The Morgan fingerprint density at radius 2 is 1.04 bits per heavy atom. The quantitative estimate of drug-likeness (QED) is 0.199. The SMILES string of the molecule is N#Cc1ccc(-c2ccccc2-n2c3ccccc3c3c(C#N)cccc32)c(-c2cccc(-n3c4ccccc4c4ccccc43)c2)c1. The Bertz CT molecular complexity index is 2760. The lowest BCUT2D eigenvalue weighted by Crippen LogP contribution is -1.99. The fourth-order valence-electron chi connectivity index (χ4n) is 7.37. The number of para-hydroxylation sites is 4. The Labute approximate surface area is 277 Å². The van der Waals surface area contributed by atoms with Crippen LogP contribution in [0.3, 0.4) is 0 Å². The molecule has 0 radical (unpaired) electrons. The van der Waals surface area contributed by atoms with E-state index in [1.54, 1.807) is 0 Å². The molecule has 2 heterocycles. The number of nitriles is 2. The van der Waals surface area contributed by atoms with Crippen molar-refractivity contribution in [2.45, 2.75) is 0 Å². The topological polar surface area (TPSA) is 57.4 Å². The third-order valence-corrected chi connectivity index (χ3v) is 9.40. The summed E-state index contributed by atoms with van der Waals surface area (Å²) >= 11 is 0. The van der Waals surface area contributed by atoms with E-state index in [4.69, 9.17) is 0 Å². The van der Waals surface area contributed by atoms with Gasteiger partial charge in [0.2, 0.25) is 0 Å². The second-order valence-electron chi connectivity index (χ2n) is 12.0. The number of hydrogen-bond acceptors (Lipinski definition) is 2. The van der Waals surface area contributed by atoms with Crippen molar-refractivity contribution < 1.29 is 0 Å². The maximum absolute atomic E-state index is 10.0. The molecular weight excluding hydrogens is 585 g/mol. The van der Waals surface area contributed by atoms with Gasteiger partial charge in [-0.15, -0.1) is 0 Å². The van der Waals surface area contributed by atoms with E-state index in [2.05, 4.69) is 143 Å². The molecule has 9 rings (SSSR count). The zero-order valence-corrected chi connectivity index (χ0v) is 25.8. The van der Waals surface area contributed by atoms with Crippen LogP contribution in [0.5, 0.6) is 0 Å². The van der Waals surface area contributed by atoms with Crippen LogP contribution in [0.2, 0.25) is 0 Å². The fraction of sp³-hybridized carbons (Fsp3) is 0. The van der Waals surface area contributed by atoms with E-state index < -0.39 is 0 Å². The van der Waals surface area contributed by atoms with E-state index in [1.807, 2.05) is 36.4 Å². The molecule has 0 aliphatic rings. The van der Waals surface area contributed by atoms with Crippen molar-refractivity contribution in [1.29, 1.82) is 10.5 Å². The van der Waals surface area contributed by atoms with Crippen LogP contribution in [-0.4, -0.2) is 9.13 Å². The van der Waals surface area contributed by atoms with Gasteiger partial charge in [-0.2, -0.15) is 10.5 Å². The minimum absolute atomic E-state index is 0.601. The first-order valence-electron chi connectivity index (χ1n) is 15.9. The van der Waals surface area contributed by atoms with Gasteiger partial charge in [-0.1, -0.05) is 97.1 Å². The number of benzene rings is 7. The standard InChI is InChI=1S/C44H26N4/c45-27-29-23-24-33(34-14-1-7-20-41(34)48-42-21-8-4-17-37(42)44-31(28-46)12-10-22-43(44)48)38(25-29)30-11-9-13-32(26-30)47-39-18-5-2-15-35(39)36-16-3-6-19-40(36)47/h1-26H. The summed E-state index contributed by atoms with van der Waals surface area (Å²) in [6.07, 6.45) is 0. The van der Waals surface area contributed by atoms with E-state index in [1.165, 1.54) is 10.8 Å². The summed E-state index contributed by atoms with van der Waals surface area (Å²) in [4.78, 5) is 0. The Morgan fingerprint density at radius 1 is 0.417 bits per heavy atom. The van der Waals surface area contributed by atoms with E-state index >= 15 is 0 Å².